The molecule has 2 aromatic rings. The topological polar surface area (TPSA) is 84.5 Å². The number of hydrogen-bond donors (Lipinski definition) is 2. The average molecular weight is 368 g/mol. The molecule has 0 spiro atoms. The maximum atomic E-state index is 12.4. The number of nitrogens with one attached hydrogen (secondary N) is 2. The lowest BCUT2D eigenvalue weighted by atomic mass is 10.0. The van der Waals surface area contributed by atoms with Crippen LogP contribution in [0.3, 0.4) is 0 Å². The zero-order chi connectivity index (χ0) is 19.8. The van der Waals surface area contributed by atoms with Crippen LogP contribution in [0.5, 0.6) is 0 Å². The van der Waals surface area contributed by atoms with E-state index in [9.17, 15) is 14.4 Å². The Kier molecular flexibility index (Phi) is 7.11. The first kappa shape index (κ1) is 20.2. The van der Waals surface area contributed by atoms with Crippen LogP contribution >= 0.6 is 0 Å². The molecule has 0 radical (unpaired) electrons. The quantitative estimate of drug-likeness (QED) is 0.734. The van der Waals surface area contributed by atoms with Gasteiger partial charge in [-0.1, -0.05) is 29.8 Å². The van der Waals surface area contributed by atoms with Crippen LogP contribution in [0.25, 0.3) is 0 Å². The Morgan fingerprint density at radius 1 is 1.00 bits per heavy atom. The highest BCUT2D eigenvalue weighted by Crippen LogP contribution is 2.19. The van der Waals surface area contributed by atoms with Crippen LogP contribution in [0, 0.1) is 6.92 Å². The van der Waals surface area contributed by atoms with Crippen LogP contribution in [0.1, 0.15) is 47.8 Å². The molecular weight excluding hydrogens is 344 g/mol. The number of anilines is 1. The number of aryl methyl sites for hydroxylation is 1. The number of hydrogen-bond acceptors (Lipinski definition) is 4. The van der Waals surface area contributed by atoms with E-state index in [-0.39, 0.29) is 18.2 Å². The maximum absolute atomic E-state index is 12.4. The normalized spacial score (nSPS) is 11.4. The number of benzene rings is 2. The zero-order valence-corrected chi connectivity index (χ0v) is 15.7. The van der Waals surface area contributed by atoms with Crippen LogP contribution in [-0.2, 0) is 14.3 Å². The van der Waals surface area contributed by atoms with Gasteiger partial charge in [0.1, 0.15) is 0 Å². The molecule has 1 atom stereocenters. The molecule has 0 fully saturated rings. The predicted molar refractivity (Wildman–Crippen MR) is 103 cm³/mol. The van der Waals surface area contributed by atoms with Crippen LogP contribution in [-0.4, -0.2) is 24.4 Å². The van der Waals surface area contributed by atoms with E-state index in [1.54, 1.807) is 31.2 Å². The molecule has 0 aromatic heterocycles. The zero-order valence-electron chi connectivity index (χ0n) is 15.7. The third kappa shape index (κ3) is 6.26. The molecule has 27 heavy (non-hydrogen) atoms. The lowest BCUT2D eigenvalue weighted by Crippen LogP contribution is -2.29. The lowest BCUT2D eigenvalue weighted by Gasteiger charge is -2.18. The van der Waals surface area contributed by atoms with Gasteiger partial charge in [0.15, 0.2) is 0 Å². The third-order valence-electron chi connectivity index (χ3n) is 3.93. The summed E-state index contributed by atoms with van der Waals surface area (Å²) in [4.78, 5) is 35.6. The van der Waals surface area contributed by atoms with Crippen molar-refractivity contribution in [3.63, 3.8) is 0 Å². The van der Waals surface area contributed by atoms with Gasteiger partial charge in [-0.25, -0.2) is 4.79 Å². The van der Waals surface area contributed by atoms with Crippen molar-refractivity contribution < 1.29 is 19.1 Å². The molecule has 0 saturated carbocycles. The summed E-state index contributed by atoms with van der Waals surface area (Å²) in [5.74, 6) is -0.842. The Hall–Kier alpha value is -3.15. The molecule has 6 nitrogen and oxygen atoms in total. The lowest BCUT2D eigenvalue weighted by molar-refractivity contribution is -0.120. The Morgan fingerprint density at radius 2 is 1.63 bits per heavy atom. The van der Waals surface area contributed by atoms with Gasteiger partial charge in [0, 0.05) is 12.6 Å². The van der Waals surface area contributed by atoms with E-state index in [4.69, 9.17) is 4.74 Å². The highest BCUT2D eigenvalue weighted by atomic mass is 16.5. The van der Waals surface area contributed by atoms with E-state index in [1.165, 1.54) is 6.92 Å². The van der Waals surface area contributed by atoms with Crippen LogP contribution in [0.2, 0.25) is 0 Å². The summed E-state index contributed by atoms with van der Waals surface area (Å²) < 4.78 is 4.93. The molecule has 0 bridgehead atoms. The van der Waals surface area contributed by atoms with Crippen LogP contribution in [0.4, 0.5) is 5.69 Å². The molecule has 0 aliphatic rings. The Labute approximate surface area is 158 Å². The monoisotopic (exact) mass is 368 g/mol. The van der Waals surface area contributed by atoms with Gasteiger partial charge >= 0.3 is 5.97 Å². The van der Waals surface area contributed by atoms with Crippen molar-refractivity contribution in [1.82, 2.24) is 5.32 Å². The smallest absolute Gasteiger partial charge is 0.338 e. The summed E-state index contributed by atoms with van der Waals surface area (Å²) in [5.41, 5.74) is 2.96. The Bertz CT molecular complexity index is 798. The highest BCUT2D eigenvalue weighted by Gasteiger charge is 2.17. The maximum Gasteiger partial charge on any atom is 0.338 e. The summed E-state index contributed by atoms with van der Waals surface area (Å²) in [6.07, 6.45) is 0.0995. The largest absolute Gasteiger partial charge is 0.462 e. The molecule has 6 heteroatoms. The number of rotatable bonds is 7. The van der Waals surface area contributed by atoms with E-state index in [0.29, 0.717) is 17.9 Å². The van der Waals surface area contributed by atoms with Crippen molar-refractivity contribution in [3.05, 3.63) is 65.2 Å². The van der Waals surface area contributed by atoms with Gasteiger partial charge in [0.05, 0.1) is 24.6 Å². The Balaban J connectivity index is 2.03. The van der Waals surface area contributed by atoms with Crippen molar-refractivity contribution in [1.29, 1.82) is 0 Å². The summed E-state index contributed by atoms with van der Waals surface area (Å²) in [7, 11) is 0. The van der Waals surface area contributed by atoms with Gasteiger partial charge in [-0.3, -0.25) is 9.59 Å². The number of amides is 2. The summed E-state index contributed by atoms with van der Waals surface area (Å²) in [6, 6.07) is 13.7. The van der Waals surface area contributed by atoms with Crippen molar-refractivity contribution in [2.24, 2.45) is 0 Å². The van der Waals surface area contributed by atoms with Crippen LogP contribution in [0.15, 0.2) is 48.5 Å². The minimum absolute atomic E-state index is 0.0995. The number of ether oxygens (including phenoxy) is 1. The molecule has 1 unspecified atom stereocenters. The van der Waals surface area contributed by atoms with Crippen molar-refractivity contribution >= 4 is 23.5 Å². The highest BCUT2D eigenvalue weighted by molar-refractivity contribution is 5.93. The van der Waals surface area contributed by atoms with Crippen molar-refractivity contribution in [2.45, 2.75) is 33.2 Å². The van der Waals surface area contributed by atoms with Crippen molar-refractivity contribution in [2.75, 3.05) is 11.9 Å². The van der Waals surface area contributed by atoms with Gasteiger partial charge in [0.25, 0.3) is 0 Å². The Morgan fingerprint density at radius 3 is 2.19 bits per heavy atom. The molecule has 2 rings (SSSR count). The molecular formula is C21H24N2O4. The molecule has 0 aliphatic carbocycles. The fourth-order valence-electron chi connectivity index (χ4n) is 2.60. The van der Waals surface area contributed by atoms with Gasteiger partial charge in [-0.05, 0) is 43.7 Å². The molecule has 0 saturated heterocycles. The first-order chi connectivity index (χ1) is 12.9. The standard InChI is InChI=1S/C21H24N2O4/c1-4-27-21(26)17-9-11-18(12-10-17)23-20(25)13-19(22-15(3)24)16-7-5-14(2)6-8-16/h5-12,19H,4,13H2,1-3H3,(H,22,24)(H,23,25). The molecule has 0 aliphatic heterocycles. The average Bonchev–Trinajstić information content (AvgIpc) is 2.62. The molecule has 0 heterocycles. The third-order valence-corrected chi connectivity index (χ3v) is 3.93. The fraction of sp³-hybridized carbons (Fsp3) is 0.286. The number of carbonyl (C=O) groups is 3. The summed E-state index contributed by atoms with van der Waals surface area (Å²) >= 11 is 0. The van der Waals surface area contributed by atoms with E-state index >= 15 is 0 Å². The van der Waals surface area contributed by atoms with E-state index < -0.39 is 12.0 Å². The first-order valence-electron chi connectivity index (χ1n) is 8.79. The molecule has 2 amide bonds. The van der Waals surface area contributed by atoms with E-state index in [1.807, 2.05) is 31.2 Å². The first-order valence-corrected chi connectivity index (χ1v) is 8.79. The minimum Gasteiger partial charge on any atom is -0.462 e. The fourth-order valence-corrected chi connectivity index (χ4v) is 2.60. The van der Waals surface area contributed by atoms with E-state index in [2.05, 4.69) is 10.6 Å². The SMILES string of the molecule is CCOC(=O)c1ccc(NC(=O)CC(NC(C)=O)c2ccc(C)cc2)cc1. The molecule has 142 valence electrons. The van der Waals surface area contributed by atoms with Gasteiger partial charge in [-0.15, -0.1) is 0 Å². The van der Waals surface area contributed by atoms with E-state index in [0.717, 1.165) is 11.1 Å². The summed E-state index contributed by atoms with van der Waals surface area (Å²) in [6.45, 7) is 5.45. The second kappa shape index (κ2) is 9.52. The second-order valence-corrected chi connectivity index (χ2v) is 6.21. The predicted octanol–water partition coefficient (Wildman–Crippen LogP) is 3.38. The van der Waals surface area contributed by atoms with Gasteiger partial charge in [-0.2, -0.15) is 0 Å². The minimum atomic E-state index is -0.415. The molecule has 2 aromatic carbocycles. The summed E-state index contributed by atoms with van der Waals surface area (Å²) in [5, 5.41) is 5.59. The van der Waals surface area contributed by atoms with Crippen LogP contribution < -0.4 is 10.6 Å². The molecule has 2 N–H and O–H groups in total. The van der Waals surface area contributed by atoms with Gasteiger partial charge < -0.3 is 15.4 Å². The van der Waals surface area contributed by atoms with Crippen molar-refractivity contribution in [3.8, 4) is 0 Å². The number of carbonyl (C=O) groups excluding carboxylic acids is 3. The number of esters is 1. The second-order valence-electron chi connectivity index (χ2n) is 6.21. The van der Waals surface area contributed by atoms with Gasteiger partial charge in [0.2, 0.25) is 11.8 Å².